The molecule has 1 aliphatic rings. The quantitative estimate of drug-likeness (QED) is 0.209. The number of amidine groups is 1. The van der Waals surface area contributed by atoms with E-state index >= 15 is 0 Å². The average Bonchev–Trinajstić information content (AvgIpc) is 3.39. The van der Waals surface area contributed by atoms with Crippen molar-refractivity contribution in [3.05, 3.63) is 98.8 Å². The van der Waals surface area contributed by atoms with Gasteiger partial charge >= 0.3 is 0 Å². The predicted molar refractivity (Wildman–Crippen MR) is 139 cm³/mol. The molecule has 33 heavy (non-hydrogen) atoms. The lowest BCUT2D eigenvalue weighted by atomic mass is 9.87. The molecular formula is C26H24BrN3O2S. The zero-order valence-electron chi connectivity index (χ0n) is 18.7. The lowest BCUT2D eigenvalue weighted by Crippen LogP contribution is -2.28. The van der Waals surface area contributed by atoms with Crippen molar-refractivity contribution in [2.45, 2.75) is 32.7 Å². The van der Waals surface area contributed by atoms with Crippen molar-refractivity contribution in [3.63, 3.8) is 0 Å². The third-order valence-corrected chi connectivity index (χ3v) is 6.60. The Balaban J connectivity index is 1.58. The van der Waals surface area contributed by atoms with E-state index in [9.17, 15) is 4.79 Å². The Morgan fingerprint density at radius 2 is 1.73 bits per heavy atom. The van der Waals surface area contributed by atoms with Crippen LogP contribution in [0.3, 0.4) is 0 Å². The van der Waals surface area contributed by atoms with Gasteiger partial charge in [0.25, 0.3) is 5.91 Å². The number of benzene rings is 2. The molecule has 2 heterocycles. The molecule has 1 saturated heterocycles. The number of hydrogen-bond acceptors (Lipinski definition) is 5. The summed E-state index contributed by atoms with van der Waals surface area (Å²) >= 11 is 4.75. The molecular weight excluding hydrogens is 498 g/mol. The third-order valence-electron chi connectivity index (χ3n) is 5.08. The van der Waals surface area contributed by atoms with Crippen LogP contribution in [0.25, 0.3) is 6.08 Å². The standard InChI is InChI=1S/C26H24BrN3O2S/c1-26(2,3)20-10-6-19(7-11-20)16-28-29-25-30(17-22-5-4-14-32-22)24(31)23(33-25)15-18-8-12-21(27)13-9-18/h4-16H,17H2,1-3H3/b23-15-,28-16-,29-25+. The number of furan rings is 1. The van der Waals surface area contributed by atoms with Crippen LogP contribution in [0.2, 0.25) is 0 Å². The summed E-state index contributed by atoms with van der Waals surface area (Å²) in [6, 6.07) is 19.7. The lowest BCUT2D eigenvalue weighted by Gasteiger charge is -2.18. The van der Waals surface area contributed by atoms with Gasteiger partial charge in [0.15, 0.2) is 5.17 Å². The molecule has 1 fully saturated rings. The summed E-state index contributed by atoms with van der Waals surface area (Å²) in [7, 11) is 0. The molecule has 4 rings (SSSR count). The highest BCUT2D eigenvalue weighted by Crippen LogP contribution is 2.34. The highest BCUT2D eigenvalue weighted by molar-refractivity contribution is 9.10. The number of carbonyl (C=O) groups excluding carboxylic acids is 1. The van der Waals surface area contributed by atoms with Crippen molar-refractivity contribution in [1.29, 1.82) is 0 Å². The van der Waals surface area contributed by atoms with Crippen LogP contribution < -0.4 is 0 Å². The van der Waals surface area contributed by atoms with E-state index in [1.54, 1.807) is 23.4 Å². The average molecular weight is 522 g/mol. The van der Waals surface area contributed by atoms with Gasteiger partial charge in [0.1, 0.15) is 5.76 Å². The van der Waals surface area contributed by atoms with Gasteiger partial charge in [-0.15, -0.1) is 5.10 Å². The maximum Gasteiger partial charge on any atom is 0.267 e. The second-order valence-corrected chi connectivity index (χ2v) is 10.6. The van der Waals surface area contributed by atoms with Gasteiger partial charge < -0.3 is 4.42 Å². The molecule has 0 N–H and O–H groups in total. The molecule has 3 aromatic rings. The number of hydrogen-bond donors (Lipinski definition) is 0. The summed E-state index contributed by atoms with van der Waals surface area (Å²) < 4.78 is 6.44. The van der Waals surface area contributed by atoms with Crippen molar-refractivity contribution in [3.8, 4) is 0 Å². The highest BCUT2D eigenvalue weighted by atomic mass is 79.9. The van der Waals surface area contributed by atoms with Crippen LogP contribution in [0.15, 0.2) is 90.9 Å². The van der Waals surface area contributed by atoms with Gasteiger partial charge in [-0.05, 0) is 64.2 Å². The molecule has 0 atom stereocenters. The van der Waals surface area contributed by atoms with Gasteiger partial charge in [-0.2, -0.15) is 5.10 Å². The molecule has 168 valence electrons. The Labute approximate surface area is 206 Å². The molecule has 0 radical (unpaired) electrons. The van der Waals surface area contributed by atoms with Crippen molar-refractivity contribution in [2.75, 3.05) is 0 Å². The summed E-state index contributed by atoms with van der Waals surface area (Å²) in [5, 5.41) is 9.15. The topological polar surface area (TPSA) is 58.2 Å². The molecule has 1 amide bonds. The van der Waals surface area contributed by atoms with Crippen LogP contribution in [0.5, 0.6) is 0 Å². The van der Waals surface area contributed by atoms with Crippen LogP contribution in [0.4, 0.5) is 0 Å². The Morgan fingerprint density at radius 3 is 2.36 bits per heavy atom. The van der Waals surface area contributed by atoms with E-state index in [1.165, 1.54) is 17.3 Å². The van der Waals surface area contributed by atoms with Crippen molar-refractivity contribution < 1.29 is 9.21 Å². The maximum atomic E-state index is 13.1. The fourth-order valence-electron chi connectivity index (χ4n) is 3.20. The van der Waals surface area contributed by atoms with Crippen molar-refractivity contribution in [1.82, 2.24) is 4.90 Å². The van der Waals surface area contributed by atoms with Crippen LogP contribution in [-0.2, 0) is 16.8 Å². The summed E-state index contributed by atoms with van der Waals surface area (Å²) in [5.41, 5.74) is 3.25. The number of rotatable bonds is 5. The van der Waals surface area contributed by atoms with Crippen LogP contribution in [0, 0.1) is 0 Å². The first-order valence-corrected chi connectivity index (χ1v) is 12.1. The van der Waals surface area contributed by atoms with E-state index < -0.39 is 0 Å². The van der Waals surface area contributed by atoms with E-state index in [1.807, 2.05) is 48.5 Å². The lowest BCUT2D eigenvalue weighted by molar-refractivity contribution is -0.122. The number of halogens is 1. The molecule has 1 aliphatic heterocycles. The first-order valence-electron chi connectivity index (χ1n) is 10.5. The van der Waals surface area contributed by atoms with Gasteiger partial charge in [-0.3, -0.25) is 9.69 Å². The normalized spacial score (nSPS) is 17.1. The van der Waals surface area contributed by atoms with Crippen molar-refractivity contribution >= 4 is 51.1 Å². The third kappa shape index (κ3) is 5.92. The van der Waals surface area contributed by atoms with Crippen LogP contribution in [-0.4, -0.2) is 22.2 Å². The maximum absolute atomic E-state index is 13.1. The second kappa shape index (κ2) is 9.93. The number of amides is 1. The largest absolute Gasteiger partial charge is 0.467 e. The van der Waals surface area contributed by atoms with Gasteiger partial charge in [-0.1, -0.05) is 73.1 Å². The summed E-state index contributed by atoms with van der Waals surface area (Å²) in [4.78, 5) is 15.3. The summed E-state index contributed by atoms with van der Waals surface area (Å²) in [6.45, 7) is 6.85. The molecule has 2 aromatic carbocycles. The van der Waals surface area contributed by atoms with E-state index in [2.05, 4.69) is 59.0 Å². The fraction of sp³-hybridized carbons (Fsp3) is 0.192. The van der Waals surface area contributed by atoms with Gasteiger partial charge in [-0.25, -0.2) is 0 Å². The van der Waals surface area contributed by atoms with E-state index in [0.717, 1.165) is 15.6 Å². The number of thioether (sulfide) groups is 1. The fourth-order valence-corrected chi connectivity index (χ4v) is 4.40. The summed E-state index contributed by atoms with van der Waals surface area (Å²) in [6.07, 6.45) is 5.16. The second-order valence-electron chi connectivity index (χ2n) is 8.63. The van der Waals surface area contributed by atoms with Crippen LogP contribution in [0.1, 0.15) is 43.2 Å². The molecule has 0 saturated carbocycles. The molecule has 5 nitrogen and oxygen atoms in total. The molecule has 0 aliphatic carbocycles. The Kier molecular flexibility index (Phi) is 7.00. The van der Waals surface area contributed by atoms with Gasteiger partial charge in [0, 0.05) is 4.47 Å². The van der Waals surface area contributed by atoms with Crippen LogP contribution >= 0.6 is 27.7 Å². The van der Waals surface area contributed by atoms with E-state index in [4.69, 9.17) is 4.42 Å². The zero-order valence-corrected chi connectivity index (χ0v) is 21.1. The van der Waals surface area contributed by atoms with Gasteiger partial charge in [0.2, 0.25) is 0 Å². The zero-order chi connectivity index (χ0) is 23.4. The molecule has 0 unspecified atom stereocenters. The van der Waals surface area contributed by atoms with Gasteiger partial charge in [0.05, 0.1) is 23.9 Å². The minimum Gasteiger partial charge on any atom is -0.467 e. The summed E-state index contributed by atoms with van der Waals surface area (Å²) in [5.74, 6) is 0.561. The minimum absolute atomic E-state index is 0.0979. The number of nitrogens with zero attached hydrogens (tertiary/aromatic N) is 3. The molecule has 0 spiro atoms. The van der Waals surface area contributed by atoms with Crippen molar-refractivity contribution in [2.24, 2.45) is 10.2 Å². The first-order chi connectivity index (χ1) is 15.8. The smallest absolute Gasteiger partial charge is 0.267 e. The van der Waals surface area contributed by atoms with E-state index in [-0.39, 0.29) is 11.3 Å². The molecule has 1 aromatic heterocycles. The Hall–Kier alpha value is -2.90. The monoisotopic (exact) mass is 521 g/mol. The predicted octanol–water partition coefficient (Wildman–Crippen LogP) is 6.85. The minimum atomic E-state index is -0.122. The molecule has 0 bridgehead atoms. The Bertz CT molecular complexity index is 1210. The van der Waals surface area contributed by atoms with E-state index in [0.29, 0.717) is 22.4 Å². The SMILES string of the molecule is CC(C)(C)c1ccc(/C=N\N=C2\S/C(=C\c3ccc(Br)cc3)C(=O)N2Cc2ccco2)cc1. The molecule has 7 heteroatoms. The Morgan fingerprint density at radius 1 is 1.03 bits per heavy atom. The highest BCUT2D eigenvalue weighted by Gasteiger charge is 2.34. The number of carbonyl (C=O) groups is 1. The first kappa shape index (κ1) is 23.3.